The lowest BCUT2D eigenvalue weighted by molar-refractivity contribution is 0.0551. The summed E-state index contributed by atoms with van der Waals surface area (Å²) in [7, 11) is 1.38. The number of halogens is 4. The molecule has 0 spiro atoms. The number of ether oxygens (including phenoxy) is 1. The fourth-order valence-corrected chi connectivity index (χ4v) is 2.34. The second-order valence-corrected chi connectivity index (χ2v) is 5.92. The van der Waals surface area contributed by atoms with Crippen LogP contribution in [0, 0.1) is 5.82 Å². The lowest BCUT2D eigenvalue weighted by atomic mass is 10.1. The average molecular weight is 400 g/mol. The van der Waals surface area contributed by atoms with Gasteiger partial charge in [-0.05, 0) is 24.6 Å². The van der Waals surface area contributed by atoms with Gasteiger partial charge in [0, 0.05) is 18.0 Å². The van der Waals surface area contributed by atoms with E-state index in [1.165, 1.54) is 25.6 Å². The van der Waals surface area contributed by atoms with Crippen molar-refractivity contribution in [2.24, 2.45) is 0 Å². The molecule has 0 aliphatic rings. The summed E-state index contributed by atoms with van der Waals surface area (Å²) in [4.78, 5) is 11.6. The van der Waals surface area contributed by atoms with Gasteiger partial charge in [0.25, 0.3) is 0 Å². The third-order valence-electron chi connectivity index (χ3n) is 3.60. The number of alkyl halides is 3. The molecule has 0 amide bonds. The third kappa shape index (κ3) is 4.11. The van der Waals surface area contributed by atoms with Gasteiger partial charge in [-0.15, -0.1) is 0 Å². The van der Waals surface area contributed by atoms with E-state index < -0.39 is 23.1 Å². The van der Waals surface area contributed by atoms with Gasteiger partial charge in [0.1, 0.15) is 0 Å². The fraction of sp³-hybridized carbons (Fsp3) is 0.250. The number of methoxy groups -OCH3 is 1. The maximum Gasteiger partial charge on any atom is 0.400 e. The number of nitrogens with zero attached hydrogens (tertiary/aromatic N) is 4. The molecule has 27 heavy (non-hydrogen) atoms. The van der Waals surface area contributed by atoms with E-state index in [2.05, 4.69) is 29.9 Å². The Bertz CT molecular complexity index is 931. The molecule has 0 aliphatic carbocycles. The van der Waals surface area contributed by atoms with Crippen molar-refractivity contribution in [1.82, 2.24) is 20.1 Å². The van der Waals surface area contributed by atoms with Gasteiger partial charge < -0.3 is 14.6 Å². The molecule has 0 radical (unpaired) electrons. The first kappa shape index (κ1) is 18.9. The number of anilines is 1. The van der Waals surface area contributed by atoms with E-state index in [9.17, 15) is 13.2 Å². The van der Waals surface area contributed by atoms with Crippen molar-refractivity contribution in [3.8, 4) is 17.1 Å². The quantitative estimate of drug-likeness (QED) is 0.623. The van der Waals surface area contributed by atoms with Crippen LogP contribution in [-0.2, 0) is 5.38 Å². The van der Waals surface area contributed by atoms with Crippen LogP contribution in [0.25, 0.3) is 11.4 Å². The van der Waals surface area contributed by atoms with Gasteiger partial charge in [-0.25, -0.2) is 14.4 Å². The summed E-state index contributed by atoms with van der Waals surface area (Å²) in [6.45, 7) is 1.73. The first-order valence-corrected chi connectivity index (χ1v) is 7.99. The van der Waals surface area contributed by atoms with Crippen molar-refractivity contribution < 1.29 is 22.4 Å². The van der Waals surface area contributed by atoms with Gasteiger partial charge in [0.15, 0.2) is 11.6 Å². The van der Waals surface area contributed by atoms with Crippen molar-refractivity contribution in [2.45, 2.75) is 18.3 Å². The molecule has 2 heterocycles. The zero-order valence-electron chi connectivity index (χ0n) is 14.1. The molecule has 11 heteroatoms. The topological polar surface area (TPSA) is 86.0 Å². The van der Waals surface area contributed by atoms with Crippen molar-refractivity contribution in [2.75, 3.05) is 12.4 Å². The number of aromatic nitrogens is 4. The molecular weight excluding hydrogens is 387 g/mol. The Balaban J connectivity index is 1.75. The van der Waals surface area contributed by atoms with Crippen molar-refractivity contribution in [3.63, 3.8) is 0 Å². The molecule has 2 aromatic heterocycles. The van der Waals surface area contributed by atoms with Crippen LogP contribution in [-0.4, -0.2) is 27.2 Å². The Kier molecular flexibility index (Phi) is 5.17. The van der Waals surface area contributed by atoms with Gasteiger partial charge in [0.05, 0.1) is 18.7 Å². The van der Waals surface area contributed by atoms with Crippen molar-refractivity contribution >= 4 is 17.5 Å². The normalized spacial score (nSPS) is 12.7. The minimum atomic E-state index is -3.76. The first-order valence-electron chi connectivity index (χ1n) is 7.62. The molecular formula is C16H13ClF3N5O2. The molecule has 7 nitrogen and oxygen atoms in total. The van der Waals surface area contributed by atoms with Gasteiger partial charge in [-0.1, -0.05) is 17.3 Å². The van der Waals surface area contributed by atoms with E-state index in [4.69, 9.17) is 16.3 Å². The maximum atomic E-state index is 14.3. The Hall–Kier alpha value is -2.88. The molecule has 0 bridgehead atoms. The Labute approximate surface area is 156 Å². The standard InChI is InChI=1S/C16H13ClF3N5O2/c1-8(10-4-3-5-11(26-2)12(10)18)23-15-21-6-9(7-22-15)13-24-14(27-25-13)16(17,19)20/h3-8H,1-2H3,(H,21,22,23). The number of benzene rings is 1. The smallest absolute Gasteiger partial charge is 0.400 e. The molecule has 1 aromatic carbocycles. The van der Waals surface area contributed by atoms with Crippen LogP contribution in [0.1, 0.15) is 24.4 Å². The Morgan fingerprint density at radius 1 is 1.26 bits per heavy atom. The van der Waals surface area contributed by atoms with Gasteiger partial charge in [-0.3, -0.25) is 0 Å². The van der Waals surface area contributed by atoms with Crippen molar-refractivity contribution in [1.29, 1.82) is 0 Å². The highest BCUT2D eigenvalue weighted by atomic mass is 35.5. The average Bonchev–Trinajstić information content (AvgIpc) is 3.13. The number of hydrogen-bond donors (Lipinski definition) is 1. The molecule has 3 aromatic rings. The van der Waals surface area contributed by atoms with E-state index in [1.807, 2.05) is 0 Å². The second kappa shape index (κ2) is 7.39. The zero-order valence-corrected chi connectivity index (χ0v) is 14.8. The molecule has 0 saturated heterocycles. The molecule has 0 saturated carbocycles. The first-order chi connectivity index (χ1) is 12.8. The monoisotopic (exact) mass is 399 g/mol. The molecule has 0 aliphatic heterocycles. The Morgan fingerprint density at radius 2 is 1.96 bits per heavy atom. The molecule has 1 unspecified atom stereocenters. The van der Waals surface area contributed by atoms with Crippen LogP contribution in [0.2, 0.25) is 0 Å². The molecule has 3 rings (SSSR count). The Morgan fingerprint density at radius 3 is 2.56 bits per heavy atom. The van der Waals surface area contributed by atoms with Crippen LogP contribution in [0.4, 0.5) is 19.1 Å². The summed E-state index contributed by atoms with van der Waals surface area (Å²) in [5.74, 6) is -1.33. The summed E-state index contributed by atoms with van der Waals surface area (Å²) in [5, 5.41) is 2.58. The predicted octanol–water partition coefficient (Wildman–Crippen LogP) is 4.14. The summed E-state index contributed by atoms with van der Waals surface area (Å²) < 4.78 is 49.5. The van der Waals surface area contributed by atoms with E-state index >= 15 is 0 Å². The zero-order chi connectivity index (χ0) is 19.6. The highest BCUT2D eigenvalue weighted by molar-refractivity contribution is 6.21. The van der Waals surface area contributed by atoms with Gasteiger partial charge in [-0.2, -0.15) is 13.8 Å². The minimum Gasteiger partial charge on any atom is -0.494 e. The van der Waals surface area contributed by atoms with E-state index in [-0.39, 0.29) is 23.1 Å². The summed E-state index contributed by atoms with van der Waals surface area (Å²) in [6.07, 6.45) is 2.62. The molecule has 0 fully saturated rings. The molecule has 142 valence electrons. The van der Waals surface area contributed by atoms with Crippen LogP contribution < -0.4 is 10.1 Å². The van der Waals surface area contributed by atoms with E-state index in [0.717, 1.165) is 0 Å². The minimum absolute atomic E-state index is 0.126. The number of rotatable bonds is 6. The highest BCUT2D eigenvalue weighted by Gasteiger charge is 2.35. The van der Waals surface area contributed by atoms with E-state index in [0.29, 0.717) is 5.56 Å². The number of nitrogens with one attached hydrogen (secondary N) is 1. The lowest BCUT2D eigenvalue weighted by Crippen LogP contribution is -2.11. The lowest BCUT2D eigenvalue weighted by Gasteiger charge is -2.16. The third-order valence-corrected chi connectivity index (χ3v) is 3.77. The predicted molar refractivity (Wildman–Crippen MR) is 90.1 cm³/mol. The molecule has 1 atom stereocenters. The van der Waals surface area contributed by atoms with Gasteiger partial charge in [0.2, 0.25) is 11.8 Å². The summed E-state index contributed by atoms with van der Waals surface area (Å²) >= 11 is 4.82. The van der Waals surface area contributed by atoms with Crippen LogP contribution in [0.3, 0.4) is 0 Å². The molecule has 1 N–H and O–H groups in total. The highest BCUT2D eigenvalue weighted by Crippen LogP contribution is 2.32. The van der Waals surface area contributed by atoms with E-state index in [1.54, 1.807) is 19.1 Å². The van der Waals surface area contributed by atoms with Gasteiger partial charge >= 0.3 is 11.3 Å². The van der Waals surface area contributed by atoms with Crippen LogP contribution in [0.5, 0.6) is 5.75 Å². The van der Waals surface area contributed by atoms with Crippen LogP contribution in [0.15, 0.2) is 35.1 Å². The SMILES string of the molecule is COc1cccc(C(C)Nc2ncc(-c3noc(C(F)(F)Cl)n3)cn2)c1F. The fourth-order valence-electron chi connectivity index (χ4n) is 2.27. The summed E-state index contributed by atoms with van der Waals surface area (Å²) in [6, 6.07) is 4.33. The summed E-state index contributed by atoms with van der Waals surface area (Å²) in [5.41, 5.74) is 0.617. The van der Waals surface area contributed by atoms with Crippen molar-refractivity contribution in [3.05, 3.63) is 47.9 Å². The maximum absolute atomic E-state index is 14.3. The number of hydrogen-bond acceptors (Lipinski definition) is 7. The second-order valence-electron chi connectivity index (χ2n) is 5.45. The largest absolute Gasteiger partial charge is 0.494 e. The van der Waals surface area contributed by atoms with Crippen LogP contribution >= 0.6 is 11.6 Å².